The van der Waals surface area contributed by atoms with Crippen LogP contribution in [-0.2, 0) is 9.59 Å². The lowest BCUT2D eigenvalue weighted by Crippen LogP contribution is -2.32. The lowest BCUT2D eigenvalue weighted by molar-refractivity contribution is -0.130. The number of benzene rings is 1. The van der Waals surface area contributed by atoms with Crippen molar-refractivity contribution >= 4 is 17.6 Å². The Balaban J connectivity index is 1.61. The van der Waals surface area contributed by atoms with Gasteiger partial charge in [0.25, 0.3) is 0 Å². The molecule has 1 aliphatic heterocycles. The highest BCUT2D eigenvalue weighted by Crippen LogP contribution is 2.08. The van der Waals surface area contributed by atoms with Crippen LogP contribution in [0.5, 0.6) is 0 Å². The monoisotopic (exact) mass is 302 g/mol. The molecule has 0 atom stereocenters. The van der Waals surface area contributed by atoms with Gasteiger partial charge in [0.15, 0.2) is 5.78 Å². The molecule has 22 heavy (non-hydrogen) atoms. The van der Waals surface area contributed by atoms with E-state index in [1.165, 1.54) is 0 Å². The highest BCUT2D eigenvalue weighted by Gasteiger charge is 2.17. The van der Waals surface area contributed by atoms with Crippen molar-refractivity contribution in [1.29, 1.82) is 0 Å². The fourth-order valence-electron chi connectivity index (χ4n) is 2.52. The first kappa shape index (κ1) is 16.2. The second-order valence-electron chi connectivity index (χ2n) is 5.48. The molecule has 0 radical (unpaired) electrons. The fourth-order valence-corrected chi connectivity index (χ4v) is 2.52. The molecular formula is C17H22N2O3. The number of rotatable bonds is 7. The Morgan fingerprint density at radius 3 is 2.32 bits per heavy atom. The Kier molecular flexibility index (Phi) is 6.13. The highest BCUT2D eigenvalue weighted by atomic mass is 16.2. The van der Waals surface area contributed by atoms with Crippen LogP contribution in [0, 0.1) is 0 Å². The average Bonchev–Trinajstić information content (AvgIpc) is 3.08. The van der Waals surface area contributed by atoms with Crippen LogP contribution in [0.25, 0.3) is 0 Å². The Hall–Kier alpha value is -2.17. The summed E-state index contributed by atoms with van der Waals surface area (Å²) in [6.45, 7) is 2.00. The third-order valence-electron chi connectivity index (χ3n) is 3.79. The summed E-state index contributed by atoms with van der Waals surface area (Å²) in [5.74, 6) is -0.124. The first-order chi connectivity index (χ1) is 10.7. The summed E-state index contributed by atoms with van der Waals surface area (Å²) < 4.78 is 0. The van der Waals surface area contributed by atoms with Crippen molar-refractivity contribution in [1.82, 2.24) is 10.2 Å². The SMILES string of the molecule is O=C(CCC(=O)c1ccccc1)NCCC(=O)N1CCCC1. The molecule has 0 aliphatic carbocycles. The number of hydrogen-bond acceptors (Lipinski definition) is 3. The summed E-state index contributed by atoms with van der Waals surface area (Å²) in [5, 5.41) is 2.71. The molecule has 5 nitrogen and oxygen atoms in total. The molecule has 1 aromatic rings. The lowest BCUT2D eigenvalue weighted by Gasteiger charge is -2.15. The molecule has 1 fully saturated rings. The van der Waals surface area contributed by atoms with Gasteiger partial charge >= 0.3 is 0 Å². The Labute approximate surface area is 130 Å². The maximum absolute atomic E-state index is 11.9. The molecule has 118 valence electrons. The predicted octanol–water partition coefficient (Wildman–Crippen LogP) is 1.78. The van der Waals surface area contributed by atoms with E-state index in [1.54, 1.807) is 24.3 Å². The Morgan fingerprint density at radius 2 is 1.64 bits per heavy atom. The maximum Gasteiger partial charge on any atom is 0.224 e. The summed E-state index contributed by atoms with van der Waals surface area (Å²) in [5.41, 5.74) is 0.625. The smallest absolute Gasteiger partial charge is 0.224 e. The third-order valence-corrected chi connectivity index (χ3v) is 3.79. The van der Waals surface area contributed by atoms with E-state index < -0.39 is 0 Å². The number of nitrogens with zero attached hydrogens (tertiary/aromatic N) is 1. The molecule has 1 saturated heterocycles. The van der Waals surface area contributed by atoms with Crippen LogP contribution < -0.4 is 5.32 Å². The van der Waals surface area contributed by atoms with E-state index in [4.69, 9.17) is 0 Å². The minimum absolute atomic E-state index is 0.0381. The molecule has 0 unspecified atom stereocenters. The van der Waals surface area contributed by atoms with Crippen LogP contribution in [-0.4, -0.2) is 42.1 Å². The van der Waals surface area contributed by atoms with Crippen molar-refractivity contribution in [2.24, 2.45) is 0 Å². The quantitative estimate of drug-likeness (QED) is 0.781. The zero-order valence-electron chi connectivity index (χ0n) is 12.7. The van der Waals surface area contributed by atoms with Gasteiger partial charge < -0.3 is 10.2 Å². The minimum atomic E-state index is -0.182. The summed E-state index contributed by atoms with van der Waals surface area (Å²) in [6, 6.07) is 8.94. The molecule has 2 amide bonds. The molecular weight excluding hydrogens is 280 g/mol. The van der Waals surface area contributed by atoms with Gasteiger partial charge in [0, 0.05) is 44.5 Å². The number of Topliss-reactive ketones (excluding diaryl/α,β-unsaturated/α-hetero) is 1. The maximum atomic E-state index is 11.9. The van der Waals surface area contributed by atoms with Gasteiger partial charge in [0.2, 0.25) is 11.8 Å². The molecule has 2 rings (SSSR count). The van der Waals surface area contributed by atoms with E-state index in [1.807, 2.05) is 11.0 Å². The molecule has 1 aliphatic rings. The normalized spacial score (nSPS) is 13.9. The van der Waals surface area contributed by atoms with Gasteiger partial charge in [0.1, 0.15) is 0 Å². The van der Waals surface area contributed by atoms with Gasteiger partial charge in [0.05, 0.1) is 0 Å². The zero-order chi connectivity index (χ0) is 15.8. The fraction of sp³-hybridized carbons (Fsp3) is 0.471. The van der Waals surface area contributed by atoms with E-state index in [2.05, 4.69) is 5.32 Å². The van der Waals surface area contributed by atoms with Crippen LogP contribution in [0.1, 0.15) is 42.5 Å². The van der Waals surface area contributed by atoms with Crippen LogP contribution >= 0.6 is 0 Å². The molecule has 0 spiro atoms. The lowest BCUT2D eigenvalue weighted by atomic mass is 10.1. The van der Waals surface area contributed by atoms with E-state index in [9.17, 15) is 14.4 Å². The van der Waals surface area contributed by atoms with E-state index in [0.29, 0.717) is 18.5 Å². The minimum Gasteiger partial charge on any atom is -0.356 e. The van der Waals surface area contributed by atoms with Crippen LogP contribution in [0.15, 0.2) is 30.3 Å². The summed E-state index contributed by atoms with van der Waals surface area (Å²) in [6.07, 6.45) is 2.82. The number of likely N-dealkylation sites (tertiary alicyclic amines) is 1. The molecule has 1 aromatic carbocycles. The number of nitrogens with one attached hydrogen (secondary N) is 1. The largest absolute Gasteiger partial charge is 0.356 e. The van der Waals surface area contributed by atoms with Crippen molar-refractivity contribution in [3.63, 3.8) is 0 Å². The summed E-state index contributed by atoms with van der Waals surface area (Å²) >= 11 is 0. The van der Waals surface area contributed by atoms with Gasteiger partial charge in [-0.25, -0.2) is 0 Å². The molecule has 1 N–H and O–H groups in total. The van der Waals surface area contributed by atoms with Crippen LogP contribution in [0.4, 0.5) is 0 Å². The van der Waals surface area contributed by atoms with Gasteiger partial charge in [-0.15, -0.1) is 0 Å². The van der Waals surface area contributed by atoms with Crippen molar-refractivity contribution in [3.8, 4) is 0 Å². The zero-order valence-corrected chi connectivity index (χ0v) is 12.7. The van der Waals surface area contributed by atoms with E-state index >= 15 is 0 Å². The molecule has 0 aromatic heterocycles. The molecule has 5 heteroatoms. The second-order valence-corrected chi connectivity index (χ2v) is 5.48. The number of ketones is 1. The second kappa shape index (κ2) is 8.32. The number of amides is 2. The average molecular weight is 302 g/mol. The molecule has 0 bridgehead atoms. The summed E-state index contributed by atoms with van der Waals surface area (Å²) in [7, 11) is 0. The van der Waals surface area contributed by atoms with Crippen LogP contribution in [0.3, 0.4) is 0 Å². The number of carbonyl (C=O) groups excluding carboxylic acids is 3. The van der Waals surface area contributed by atoms with Crippen molar-refractivity contribution in [2.45, 2.75) is 32.1 Å². The van der Waals surface area contributed by atoms with Gasteiger partial charge in [-0.1, -0.05) is 30.3 Å². The highest BCUT2D eigenvalue weighted by molar-refractivity contribution is 5.97. The van der Waals surface area contributed by atoms with Gasteiger partial charge in [-0.2, -0.15) is 0 Å². The number of hydrogen-bond donors (Lipinski definition) is 1. The van der Waals surface area contributed by atoms with Crippen LogP contribution in [0.2, 0.25) is 0 Å². The van der Waals surface area contributed by atoms with Crippen molar-refractivity contribution in [3.05, 3.63) is 35.9 Å². The predicted molar refractivity (Wildman–Crippen MR) is 83.4 cm³/mol. The Bertz CT molecular complexity index is 522. The standard InChI is InChI=1S/C17H22N2O3/c20-15(14-6-2-1-3-7-14)8-9-16(21)18-11-10-17(22)19-12-4-5-13-19/h1-3,6-7H,4-5,8-13H2,(H,18,21). The topological polar surface area (TPSA) is 66.5 Å². The van der Waals surface area contributed by atoms with Crippen molar-refractivity contribution in [2.75, 3.05) is 19.6 Å². The number of carbonyl (C=O) groups is 3. The third kappa shape index (κ3) is 4.98. The molecule has 0 saturated carbocycles. The molecule has 1 heterocycles. The van der Waals surface area contributed by atoms with Gasteiger partial charge in [-0.3, -0.25) is 14.4 Å². The Morgan fingerprint density at radius 1 is 0.955 bits per heavy atom. The first-order valence-corrected chi connectivity index (χ1v) is 7.79. The van der Waals surface area contributed by atoms with Gasteiger partial charge in [-0.05, 0) is 12.8 Å². The first-order valence-electron chi connectivity index (χ1n) is 7.79. The van der Waals surface area contributed by atoms with E-state index in [-0.39, 0.29) is 30.4 Å². The summed E-state index contributed by atoms with van der Waals surface area (Å²) in [4.78, 5) is 37.2. The van der Waals surface area contributed by atoms with Crippen molar-refractivity contribution < 1.29 is 14.4 Å². The van der Waals surface area contributed by atoms with E-state index in [0.717, 1.165) is 25.9 Å².